The number of hydrogen-bond acceptors (Lipinski definition) is 6. The highest BCUT2D eigenvalue weighted by Gasteiger charge is 2.22. The molecule has 0 saturated heterocycles. The zero-order chi connectivity index (χ0) is 20.0. The minimum Gasteiger partial charge on any atom is -0.467 e. The van der Waals surface area contributed by atoms with Gasteiger partial charge in [0.05, 0.1) is 30.7 Å². The minimum absolute atomic E-state index is 0.0275. The monoisotopic (exact) mass is 391 g/mol. The molecule has 1 heterocycles. The summed E-state index contributed by atoms with van der Waals surface area (Å²) < 4.78 is 6.16. The molecule has 0 bridgehead atoms. The van der Waals surface area contributed by atoms with Crippen LogP contribution in [0, 0.1) is 0 Å². The maximum absolute atomic E-state index is 12.6. The van der Waals surface area contributed by atoms with Crippen LogP contribution in [0.3, 0.4) is 0 Å². The Morgan fingerprint density at radius 1 is 1.26 bits per heavy atom. The summed E-state index contributed by atoms with van der Waals surface area (Å²) in [5, 5.41) is 8.29. The van der Waals surface area contributed by atoms with Crippen molar-refractivity contribution in [3.05, 3.63) is 40.3 Å². The van der Waals surface area contributed by atoms with Crippen LogP contribution in [0.1, 0.15) is 32.0 Å². The maximum atomic E-state index is 12.6. The lowest BCUT2D eigenvalue weighted by Gasteiger charge is -2.17. The molecule has 1 unspecified atom stereocenters. The number of amides is 1. The van der Waals surface area contributed by atoms with Gasteiger partial charge in [0.25, 0.3) is 5.56 Å². The highest BCUT2D eigenvalue weighted by molar-refractivity contribution is 7.98. The minimum atomic E-state index is -0.697. The molecule has 2 aromatic rings. The Morgan fingerprint density at radius 3 is 2.52 bits per heavy atom. The fourth-order valence-corrected chi connectivity index (χ4v) is 3.25. The van der Waals surface area contributed by atoms with Gasteiger partial charge in [0.2, 0.25) is 5.91 Å². The van der Waals surface area contributed by atoms with E-state index in [-0.39, 0.29) is 23.9 Å². The predicted octanol–water partition coefficient (Wildman–Crippen LogP) is 1.93. The van der Waals surface area contributed by atoms with E-state index in [1.807, 2.05) is 20.1 Å². The summed E-state index contributed by atoms with van der Waals surface area (Å²) in [5.74, 6) is -0.0834. The first kappa shape index (κ1) is 21.0. The number of thioether (sulfide) groups is 1. The van der Waals surface area contributed by atoms with Crippen LogP contribution in [-0.2, 0) is 20.7 Å². The zero-order valence-electron chi connectivity index (χ0n) is 16.0. The Hall–Kier alpha value is -2.35. The number of fused-ring (bicyclic) bond motifs is 1. The van der Waals surface area contributed by atoms with E-state index in [1.54, 1.807) is 36.0 Å². The van der Waals surface area contributed by atoms with E-state index >= 15 is 0 Å². The van der Waals surface area contributed by atoms with Crippen molar-refractivity contribution in [2.45, 2.75) is 38.8 Å². The average molecular weight is 391 g/mol. The van der Waals surface area contributed by atoms with Crippen molar-refractivity contribution in [3.8, 4) is 0 Å². The Morgan fingerprint density at radius 2 is 1.93 bits per heavy atom. The van der Waals surface area contributed by atoms with Crippen LogP contribution in [-0.4, -0.2) is 46.8 Å². The molecular formula is C19H25N3O4S. The lowest BCUT2D eigenvalue weighted by atomic mass is 10.1. The van der Waals surface area contributed by atoms with Crippen LogP contribution in [0.25, 0.3) is 10.8 Å². The summed E-state index contributed by atoms with van der Waals surface area (Å²) in [7, 11) is 1.30. The number of carbonyl (C=O) groups is 2. The molecule has 0 fully saturated rings. The van der Waals surface area contributed by atoms with Crippen molar-refractivity contribution >= 4 is 34.4 Å². The van der Waals surface area contributed by atoms with E-state index in [1.165, 1.54) is 11.8 Å². The van der Waals surface area contributed by atoms with Crippen molar-refractivity contribution in [3.63, 3.8) is 0 Å². The van der Waals surface area contributed by atoms with Gasteiger partial charge in [0, 0.05) is 5.39 Å². The number of rotatable bonds is 8. The number of nitrogens with one attached hydrogen (secondary N) is 1. The van der Waals surface area contributed by atoms with Crippen molar-refractivity contribution in [1.82, 2.24) is 15.1 Å². The van der Waals surface area contributed by atoms with Gasteiger partial charge in [-0.25, -0.2) is 9.48 Å². The number of nitrogens with zero attached hydrogens (tertiary/aromatic N) is 2. The topological polar surface area (TPSA) is 90.3 Å². The predicted molar refractivity (Wildman–Crippen MR) is 107 cm³/mol. The maximum Gasteiger partial charge on any atom is 0.328 e. The summed E-state index contributed by atoms with van der Waals surface area (Å²) in [4.78, 5) is 37.0. The molecule has 0 spiro atoms. The van der Waals surface area contributed by atoms with Gasteiger partial charge in [0.15, 0.2) is 0 Å². The van der Waals surface area contributed by atoms with Gasteiger partial charge in [-0.3, -0.25) is 9.59 Å². The van der Waals surface area contributed by atoms with Crippen LogP contribution >= 0.6 is 11.8 Å². The summed E-state index contributed by atoms with van der Waals surface area (Å²) in [6, 6.07) is 6.28. The summed E-state index contributed by atoms with van der Waals surface area (Å²) >= 11 is 1.59. The van der Waals surface area contributed by atoms with Gasteiger partial charge >= 0.3 is 5.97 Å². The highest BCUT2D eigenvalue weighted by Crippen LogP contribution is 2.15. The Labute approximate surface area is 162 Å². The summed E-state index contributed by atoms with van der Waals surface area (Å²) in [6.07, 6.45) is 2.39. The lowest BCUT2D eigenvalue weighted by molar-refractivity contribution is -0.145. The van der Waals surface area contributed by atoms with Gasteiger partial charge in [-0.2, -0.15) is 16.9 Å². The fraction of sp³-hybridized carbons (Fsp3) is 0.474. The van der Waals surface area contributed by atoms with Gasteiger partial charge < -0.3 is 10.1 Å². The highest BCUT2D eigenvalue weighted by atomic mass is 32.2. The standard InChI is InChI=1S/C19H25N3O4S/c1-12(2)22-18(24)14-8-6-5-7-13(14)16(21-22)11-17(23)20-15(9-10-27-4)19(25)26-3/h5-8,12,15H,9-11H2,1-4H3,(H,20,23). The van der Waals surface area contributed by atoms with Crippen molar-refractivity contribution < 1.29 is 14.3 Å². The summed E-state index contributed by atoms with van der Waals surface area (Å²) in [6.45, 7) is 3.73. The Kier molecular flexibility index (Phi) is 7.41. The molecule has 7 nitrogen and oxygen atoms in total. The zero-order valence-corrected chi connectivity index (χ0v) is 16.8. The second-order valence-electron chi connectivity index (χ2n) is 6.44. The molecule has 2 rings (SSSR count). The number of hydrogen-bond donors (Lipinski definition) is 1. The van der Waals surface area contributed by atoms with E-state index in [0.717, 1.165) is 5.75 Å². The molecule has 1 amide bonds. The van der Waals surface area contributed by atoms with Gasteiger partial charge in [-0.05, 0) is 38.3 Å². The SMILES string of the molecule is COC(=O)C(CCSC)NC(=O)Cc1nn(C(C)C)c(=O)c2ccccc12. The van der Waals surface area contributed by atoms with Crippen molar-refractivity contribution in [2.75, 3.05) is 19.1 Å². The Balaban J connectivity index is 2.31. The second-order valence-corrected chi connectivity index (χ2v) is 7.42. The first-order valence-electron chi connectivity index (χ1n) is 8.75. The molecule has 0 aliphatic carbocycles. The molecule has 27 heavy (non-hydrogen) atoms. The number of aromatic nitrogens is 2. The molecule has 1 atom stereocenters. The van der Waals surface area contributed by atoms with E-state index in [0.29, 0.717) is 22.9 Å². The third-order valence-corrected chi connectivity index (χ3v) is 4.80. The quantitative estimate of drug-likeness (QED) is 0.692. The molecule has 0 aliphatic heterocycles. The van der Waals surface area contributed by atoms with Crippen LogP contribution in [0.2, 0.25) is 0 Å². The van der Waals surface area contributed by atoms with E-state index in [9.17, 15) is 14.4 Å². The van der Waals surface area contributed by atoms with E-state index in [2.05, 4.69) is 10.4 Å². The van der Waals surface area contributed by atoms with Gasteiger partial charge in [0.1, 0.15) is 6.04 Å². The van der Waals surface area contributed by atoms with Gasteiger partial charge in [-0.15, -0.1) is 0 Å². The molecular weight excluding hydrogens is 366 g/mol. The fourth-order valence-electron chi connectivity index (χ4n) is 2.78. The van der Waals surface area contributed by atoms with Crippen LogP contribution < -0.4 is 10.9 Å². The number of esters is 1. The number of benzene rings is 1. The number of ether oxygens (including phenoxy) is 1. The molecule has 0 aliphatic rings. The Bertz CT molecular complexity index is 879. The summed E-state index contributed by atoms with van der Waals surface area (Å²) in [5.41, 5.74) is 0.321. The third kappa shape index (κ3) is 5.09. The van der Waals surface area contributed by atoms with Gasteiger partial charge in [-0.1, -0.05) is 18.2 Å². The number of carbonyl (C=O) groups excluding carboxylic acids is 2. The second kappa shape index (κ2) is 9.55. The first-order valence-corrected chi connectivity index (χ1v) is 10.1. The average Bonchev–Trinajstić information content (AvgIpc) is 2.66. The molecule has 8 heteroatoms. The van der Waals surface area contributed by atoms with Crippen LogP contribution in [0.15, 0.2) is 29.1 Å². The molecule has 1 aromatic carbocycles. The first-order chi connectivity index (χ1) is 12.9. The smallest absolute Gasteiger partial charge is 0.328 e. The van der Waals surface area contributed by atoms with E-state index in [4.69, 9.17) is 4.74 Å². The molecule has 1 aromatic heterocycles. The number of methoxy groups -OCH3 is 1. The largest absolute Gasteiger partial charge is 0.467 e. The lowest BCUT2D eigenvalue weighted by Crippen LogP contribution is -2.43. The van der Waals surface area contributed by atoms with Crippen LogP contribution in [0.5, 0.6) is 0 Å². The normalized spacial score (nSPS) is 12.2. The molecule has 1 N–H and O–H groups in total. The van der Waals surface area contributed by atoms with Crippen molar-refractivity contribution in [2.24, 2.45) is 0 Å². The third-order valence-electron chi connectivity index (χ3n) is 4.15. The van der Waals surface area contributed by atoms with E-state index < -0.39 is 12.0 Å². The van der Waals surface area contributed by atoms with Crippen LogP contribution in [0.4, 0.5) is 0 Å². The molecule has 0 saturated carbocycles. The van der Waals surface area contributed by atoms with Crippen molar-refractivity contribution in [1.29, 1.82) is 0 Å². The molecule has 146 valence electrons. The molecule has 0 radical (unpaired) electrons.